The number of anilines is 3. The third-order valence-corrected chi connectivity index (χ3v) is 3.57. The highest BCUT2D eigenvalue weighted by atomic mass is 16.4. The maximum Gasteiger partial charge on any atom is 0.337 e. The van der Waals surface area contributed by atoms with Crippen molar-refractivity contribution < 1.29 is 9.90 Å². The number of carboxylic acids is 1. The Labute approximate surface area is 134 Å². The molecule has 0 spiro atoms. The Balaban J connectivity index is 1.83. The van der Waals surface area contributed by atoms with Gasteiger partial charge in [0.25, 0.3) is 0 Å². The lowest BCUT2D eigenvalue weighted by molar-refractivity contribution is 0.0698. The van der Waals surface area contributed by atoms with Crippen molar-refractivity contribution in [3.05, 3.63) is 78.4 Å². The Morgan fingerprint density at radius 1 is 0.826 bits per heavy atom. The summed E-state index contributed by atoms with van der Waals surface area (Å²) in [7, 11) is 0. The second-order valence-corrected chi connectivity index (χ2v) is 5.18. The summed E-state index contributed by atoms with van der Waals surface area (Å²) in [5.41, 5.74) is 10.2. The van der Waals surface area contributed by atoms with E-state index in [0.717, 1.165) is 22.5 Å². The van der Waals surface area contributed by atoms with Gasteiger partial charge in [0.2, 0.25) is 0 Å². The van der Waals surface area contributed by atoms with Crippen LogP contribution in [0.2, 0.25) is 0 Å². The lowest BCUT2D eigenvalue weighted by Gasteiger charge is -2.10. The number of aromatic carboxylic acids is 1. The van der Waals surface area contributed by atoms with Gasteiger partial charge in [-0.25, -0.2) is 4.79 Å². The highest BCUT2D eigenvalue weighted by molar-refractivity contribution is 5.95. The van der Waals surface area contributed by atoms with E-state index in [9.17, 15) is 9.90 Å². The SMILES string of the molecule is Nc1ccc(-c2ccc(Nc3ccccc3C(=O)O)cc2)cc1. The third-order valence-electron chi connectivity index (χ3n) is 3.57. The smallest absolute Gasteiger partial charge is 0.337 e. The molecule has 4 nitrogen and oxygen atoms in total. The molecule has 114 valence electrons. The fraction of sp³-hybridized carbons (Fsp3) is 0. The molecule has 3 aromatic carbocycles. The fourth-order valence-electron chi connectivity index (χ4n) is 2.36. The minimum atomic E-state index is -0.952. The molecule has 0 unspecified atom stereocenters. The van der Waals surface area contributed by atoms with E-state index >= 15 is 0 Å². The van der Waals surface area contributed by atoms with Crippen LogP contribution in [0.1, 0.15) is 10.4 Å². The van der Waals surface area contributed by atoms with Crippen molar-refractivity contribution in [1.82, 2.24) is 0 Å². The number of nitrogens with two attached hydrogens (primary N) is 1. The fourth-order valence-corrected chi connectivity index (χ4v) is 2.36. The van der Waals surface area contributed by atoms with Crippen LogP contribution in [-0.4, -0.2) is 11.1 Å². The minimum Gasteiger partial charge on any atom is -0.478 e. The Hall–Kier alpha value is -3.27. The van der Waals surface area contributed by atoms with Crippen molar-refractivity contribution in [2.24, 2.45) is 0 Å². The molecular weight excluding hydrogens is 288 g/mol. The number of benzene rings is 3. The van der Waals surface area contributed by atoms with E-state index in [0.29, 0.717) is 5.69 Å². The van der Waals surface area contributed by atoms with Gasteiger partial charge in [-0.3, -0.25) is 0 Å². The minimum absolute atomic E-state index is 0.245. The zero-order valence-electron chi connectivity index (χ0n) is 12.4. The van der Waals surface area contributed by atoms with Gasteiger partial charge in [0.1, 0.15) is 0 Å². The van der Waals surface area contributed by atoms with Crippen LogP contribution >= 0.6 is 0 Å². The average molecular weight is 304 g/mol. The first kappa shape index (κ1) is 14.7. The van der Waals surface area contributed by atoms with Gasteiger partial charge in [0.05, 0.1) is 11.3 Å². The molecule has 0 aromatic heterocycles. The van der Waals surface area contributed by atoms with Gasteiger partial charge in [-0.2, -0.15) is 0 Å². The van der Waals surface area contributed by atoms with Crippen LogP contribution < -0.4 is 11.1 Å². The number of hydrogen-bond acceptors (Lipinski definition) is 3. The molecule has 4 heteroatoms. The van der Waals surface area contributed by atoms with E-state index in [-0.39, 0.29) is 5.56 Å². The summed E-state index contributed by atoms with van der Waals surface area (Å²) in [6.07, 6.45) is 0. The molecule has 0 aliphatic heterocycles. The highest BCUT2D eigenvalue weighted by Crippen LogP contribution is 2.25. The molecule has 0 heterocycles. The first-order valence-electron chi connectivity index (χ1n) is 7.19. The Kier molecular flexibility index (Phi) is 3.97. The van der Waals surface area contributed by atoms with Crippen molar-refractivity contribution in [3.8, 4) is 11.1 Å². The van der Waals surface area contributed by atoms with Gasteiger partial charge in [-0.15, -0.1) is 0 Å². The molecular formula is C19H16N2O2. The summed E-state index contributed by atoms with van der Waals surface area (Å²) in [5, 5.41) is 12.3. The van der Waals surface area contributed by atoms with E-state index in [1.54, 1.807) is 24.3 Å². The predicted octanol–water partition coefficient (Wildman–Crippen LogP) is 4.38. The average Bonchev–Trinajstić information content (AvgIpc) is 2.57. The molecule has 0 amide bonds. The summed E-state index contributed by atoms with van der Waals surface area (Å²) < 4.78 is 0. The zero-order chi connectivity index (χ0) is 16.2. The van der Waals surface area contributed by atoms with Crippen molar-refractivity contribution in [2.45, 2.75) is 0 Å². The maximum atomic E-state index is 11.2. The van der Waals surface area contributed by atoms with Crippen molar-refractivity contribution in [1.29, 1.82) is 0 Å². The Bertz CT molecular complexity index is 825. The number of para-hydroxylation sites is 1. The summed E-state index contributed by atoms with van der Waals surface area (Å²) in [5.74, 6) is -0.952. The number of nitrogen functional groups attached to an aromatic ring is 1. The standard InChI is InChI=1S/C19H16N2O2/c20-15-9-5-13(6-10-15)14-7-11-16(12-8-14)21-18-4-2-1-3-17(18)19(22)23/h1-12,21H,20H2,(H,22,23). The van der Waals surface area contributed by atoms with Crippen molar-refractivity contribution >= 4 is 23.0 Å². The van der Waals surface area contributed by atoms with Gasteiger partial charge in [0, 0.05) is 11.4 Å². The molecule has 0 aliphatic carbocycles. The van der Waals surface area contributed by atoms with E-state index in [1.165, 1.54) is 0 Å². The third kappa shape index (κ3) is 3.32. The molecule has 4 N–H and O–H groups in total. The van der Waals surface area contributed by atoms with E-state index in [2.05, 4.69) is 5.32 Å². The van der Waals surface area contributed by atoms with E-state index in [1.807, 2.05) is 48.5 Å². The molecule has 23 heavy (non-hydrogen) atoms. The van der Waals surface area contributed by atoms with Crippen LogP contribution in [0.25, 0.3) is 11.1 Å². The molecule has 0 saturated carbocycles. The molecule has 0 saturated heterocycles. The van der Waals surface area contributed by atoms with Crippen LogP contribution in [-0.2, 0) is 0 Å². The topological polar surface area (TPSA) is 75.3 Å². The lowest BCUT2D eigenvalue weighted by Crippen LogP contribution is -2.02. The van der Waals surface area contributed by atoms with Crippen LogP contribution in [0.4, 0.5) is 17.1 Å². The van der Waals surface area contributed by atoms with E-state index < -0.39 is 5.97 Å². The lowest BCUT2D eigenvalue weighted by atomic mass is 10.0. The number of carbonyl (C=O) groups is 1. The highest BCUT2D eigenvalue weighted by Gasteiger charge is 2.08. The first-order chi connectivity index (χ1) is 11.1. The molecule has 0 radical (unpaired) electrons. The normalized spacial score (nSPS) is 10.3. The quantitative estimate of drug-likeness (QED) is 0.625. The predicted molar refractivity (Wildman–Crippen MR) is 93.0 cm³/mol. The maximum absolute atomic E-state index is 11.2. The Morgan fingerprint density at radius 3 is 2.00 bits per heavy atom. The molecule has 0 atom stereocenters. The number of hydrogen-bond donors (Lipinski definition) is 3. The molecule has 3 rings (SSSR count). The summed E-state index contributed by atoms with van der Waals surface area (Å²) in [6, 6.07) is 22.3. The monoisotopic (exact) mass is 304 g/mol. The van der Waals surface area contributed by atoms with Gasteiger partial charge in [-0.05, 0) is 47.5 Å². The van der Waals surface area contributed by atoms with Crippen LogP contribution in [0, 0.1) is 0 Å². The number of carboxylic acid groups (broad SMARTS) is 1. The molecule has 0 fully saturated rings. The molecule has 0 aliphatic rings. The number of nitrogens with one attached hydrogen (secondary N) is 1. The number of rotatable bonds is 4. The summed E-state index contributed by atoms with van der Waals surface area (Å²) >= 11 is 0. The summed E-state index contributed by atoms with van der Waals surface area (Å²) in [4.78, 5) is 11.2. The second kappa shape index (κ2) is 6.23. The second-order valence-electron chi connectivity index (χ2n) is 5.18. The summed E-state index contributed by atoms with van der Waals surface area (Å²) in [6.45, 7) is 0. The first-order valence-corrected chi connectivity index (χ1v) is 7.19. The Morgan fingerprint density at radius 2 is 1.39 bits per heavy atom. The van der Waals surface area contributed by atoms with Gasteiger partial charge in [0.15, 0.2) is 0 Å². The van der Waals surface area contributed by atoms with Gasteiger partial charge >= 0.3 is 5.97 Å². The van der Waals surface area contributed by atoms with Gasteiger partial charge < -0.3 is 16.2 Å². The molecule has 0 bridgehead atoms. The zero-order valence-corrected chi connectivity index (χ0v) is 12.4. The van der Waals surface area contributed by atoms with E-state index in [4.69, 9.17) is 5.73 Å². The largest absolute Gasteiger partial charge is 0.478 e. The molecule has 3 aromatic rings. The van der Waals surface area contributed by atoms with Crippen molar-refractivity contribution in [3.63, 3.8) is 0 Å². The van der Waals surface area contributed by atoms with Crippen LogP contribution in [0.3, 0.4) is 0 Å². The van der Waals surface area contributed by atoms with Crippen LogP contribution in [0.15, 0.2) is 72.8 Å². The van der Waals surface area contributed by atoms with Gasteiger partial charge in [-0.1, -0.05) is 36.4 Å². The van der Waals surface area contributed by atoms with Crippen molar-refractivity contribution in [2.75, 3.05) is 11.1 Å². The van der Waals surface area contributed by atoms with Crippen LogP contribution in [0.5, 0.6) is 0 Å².